The SMILES string of the molecule is CN(Cc1ccco1)c1c(F)cccc1NC(=O)NNN. The number of amides is 2. The van der Waals surface area contributed by atoms with E-state index in [1.54, 1.807) is 36.4 Å². The van der Waals surface area contributed by atoms with Crippen LogP contribution in [0.2, 0.25) is 0 Å². The van der Waals surface area contributed by atoms with Gasteiger partial charge in [0, 0.05) is 7.05 Å². The van der Waals surface area contributed by atoms with Crippen molar-refractivity contribution >= 4 is 17.4 Å². The lowest BCUT2D eigenvalue weighted by molar-refractivity contribution is 0.248. The van der Waals surface area contributed by atoms with E-state index in [0.29, 0.717) is 18.0 Å². The molecule has 0 saturated heterocycles. The van der Waals surface area contributed by atoms with Gasteiger partial charge in [-0.1, -0.05) is 6.07 Å². The molecule has 1 aromatic heterocycles. The second-order valence-electron chi connectivity index (χ2n) is 4.29. The van der Waals surface area contributed by atoms with Gasteiger partial charge in [0.25, 0.3) is 0 Å². The summed E-state index contributed by atoms with van der Waals surface area (Å²) in [6.45, 7) is 0.360. The van der Waals surface area contributed by atoms with E-state index >= 15 is 0 Å². The van der Waals surface area contributed by atoms with Gasteiger partial charge in [-0.2, -0.15) is 5.53 Å². The minimum Gasteiger partial charge on any atom is -0.467 e. The molecule has 2 rings (SSSR count). The summed E-state index contributed by atoms with van der Waals surface area (Å²) in [4.78, 5) is 13.1. The summed E-state index contributed by atoms with van der Waals surface area (Å²) in [7, 11) is 1.70. The van der Waals surface area contributed by atoms with Gasteiger partial charge in [-0.25, -0.2) is 9.18 Å². The number of para-hydroxylation sites is 1. The van der Waals surface area contributed by atoms with E-state index in [4.69, 9.17) is 10.3 Å². The molecule has 5 N–H and O–H groups in total. The maximum absolute atomic E-state index is 14.1. The molecule has 0 fully saturated rings. The molecule has 0 radical (unpaired) electrons. The topological polar surface area (TPSA) is 95.6 Å². The molecule has 0 aliphatic heterocycles. The molecule has 0 spiro atoms. The molecule has 2 aromatic rings. The third-order valence-electron chi connectivity index (χ3n) is 2.78. The Bertz CT molecular complexity index is 603. The Morgan fingerprint density at radius 2 is 2.19 bits per heavy atom. The first kappa shape index (κ1) is 14.8. The number of hydrogen-bond acceptors (Lipinski definition) is 5. The largest absolute Gasteiger partial charge is 0.467 e. The van der Waals surface area contributed by atoms with Gasteiger partial charge < -0.3 is 14.6 Å². The minimum atomic E-state index is -0.601. The first-order valence-electron chi connectivity index (χ1n) is 6.16. The summed E-state index contributed by atoms with van der Waals surface area (Å²) in [6.07, 6.45) is 1.55. The molecule has 0 aliphatic carbocycles. The van der Waals surface area contributed by atoms with E-state index < -0.39 is 11.8 Å². The number of furan rings is 1. The van der Waals surface area contributed by atoms with Gasteiger partial charge in [-0.05, 0) is 24.3 Å². The quantitative estimate of drug-likeness (QED) is 0.495. The number of nitrogens with zero attached hydrogens (tertiary/aromatic N) is 1. The predicted octanol–water partition coefficient (Wildman–Crippen LogP) is 1.55. The van der Waals surface area contributed by atoms with Crippen molar-refractivity contribution < 1.29 is 13.6 Å². The van der Waals surface area contributed by atoms with Gasteiger partial charge in [-0.3, -0.25) is 11.3 Å². The maximum Gasteiger partial charge on any atom is 0.334 e. The van der Waals surface area contributed by atoms with Gasteiger partial charge in [0.1, 0.15) is 11.6 Å². The zero-order valence-corrected chi connectivity index (χ0v) is 11.4. The van der Waals surface area contributed by atoms with E-state index in [-0.39, 0.29) is 5.69 Å². The molecular weight excluding hydrogens is 277 g/mol. The molecule has 112 valence electrons. The molecule has 7 nitrogen and oxygen atoms in total. The fraction of sp³-hybridized carbons (Fsp3) is 0.154. The molecule has 21 heavy (non-hydrogen) atoms. The molecule has 1 heterocycles. The highest BCUT2D eigenvalue weighted by Crippen LogP contribution is 2.29. The lowest BCUT2D eigenvalue weighted by Gasteiger charge is -2.22. The monoisotopic (exact) mass is 293 g/mol. The lowest BCUT2D eigenvalue weighted by Crippen LogP contribution is -2.44. The van der Waals surface area contributed by atoms with Crippen molar-refractivity contribution in [2.45, 2.75) is 6.54 Å². The third-order valence-corrected chi connectivity index (χ3v) is 2.78. The second kappa shape index (κ2) is 6.73. The number of carbonyl (C=O) groups excluding carboxylic acids is 1. The van der Waals surface area contributed by atoms with Crippen molar-refractivity contribution in [3.05, 3.63) is 48.2 Å². The van der Waals surface area contributed by atoms with Gasteiger partial charge in [0.2, 0.25) is 0 Å². The van der Waals surface area contributed by atoms with Crippen LogP contribution in [0.4, 0.5) is 20.6 Å². The summed E-state index contributed by atoms with van der Waals surface area (Å²) < 4.78 is 19.3. The molecule has 0 bridgehead atoms. The molecule has 1 aromatic carbocycles. The number of nitrogens with two attached hydrogens (primary N) is 1. The van der Waals surface area contributed by atoms with Crippen LogP contribution in [0.5, 0.6) is 0 Å². The highest BCUT2D eigenvalue weighted by atomic mass is 19.1. The van der Waals surface area contributed by atoms with Crippen LogP contribution in [0.15, 0.2) is 41.0 Å². The molecular formula is C13H16FN5O2. The first-order valence-corrected chi connectivity index (χ1v) is 6.16. The Labute approximate surface area is 120 Å². The number of hydrogen-bond donors (Lipinski definition) is 4. The summed E-state index contributed by atoms with van der Waals surface area (Å²) in [6, 6.07) is 7.35. The Morgan fingerprint density at radius 3 is 2.86 bits per heavy atom. The van der Waals surface area contributed by atoms with Gasteiger partial charge in [-0.15, -0.1) is 0 Å². The average molecular weight is 293 g/mol. The first-order chi connectivity index (χ1) is 10.1. The van der Waals surface area contributed by atoms with E-state index in [1.165, 1.54) is 12.1 Å². The number of benzene rings is 1. The number of hydrazine groups is 2. The van der Waals surface area contributed by atoms with Crippen LogP contribution in [0.1, 0.15) is 5.76 Å². The van der Waals surface area contributed by atoms with Crippen LogP contribution < -0.4 is 27.0 Å². The molecule has 0 saturated carbocycles. The van der Waals surface area contributed by atoms with Crippen LogP contribution >= 0.6 is 0 Å². The van der Waals surface area contributed by atoms with E-state index in [9.17, 15) is 9.18 Å². The maximum atomic E-state index is 14.1. The zero-order chi connectivity index (χ0) is 15.2. The van der Waals surface area contributed by atoms with Crippen molar-refractivity contribution in [3.8, 4) is 0 Å². The Morgan fingerprint density at radius 1 is 1.38 bits per heavy atom. The summed E-state index contributed by atoms with van der Waals surface area (Å²) in [5, 5.41) is 2.51. The van der Waals surface area contributed by atoms with Gasteiger partial charge in [0.05, 0.1) is 24.2 Å². The Kier molecular flexibility index (Phi) is 4.75. The van der Waals surface area contributed by atoms with Crippen LogP contribution in [-0.2, 0) is 6.54 Å². The van der Waals surface area contributed by atoms with Crippen LogP contribution in [0, 0.1) is 5.82 Å². The number of anilines is 2. The van der Waals surface area contributed by atoms with Crippen molar-refractivity contribution in [2.24, 2.45) is 5.84 Å². The summed E-state index contributed by atoms with van der Waals surface area (Å²) >= 11 is 0. The van der Waals surface area contributed by atoms with Gasteiger partial charge in [0.15, 0.2) is 0 Å². The molecule has 0 atom stereocenters. The molecule has 8 heteroatoms. The average Bonchev–Trinajstić information content (AvgIpc) is 2.91. The second-order valence-corrected chi connectivity index (χ2v) is 4.29. The number of halogens is 1. The van der Waals surface area contributed by atoms with Crippen molar-refractivity contribution in [1.29, 1.82) is 0 Å². The van der Waals surface area contributed by atoms with Crippen molar-refractivity contribution in [3.63, 3.8) is 0 Å². The molecule has 2 amide bonds. The molecule has 0 aliphatic rings. The lowest BCUT2D eigenvalue weighted by atomic mass is 10.2. The number of urea groups is 1. The fourth-order valence-electron chi connectivity index (χ4n) is 1.94. The van der Waals surface area contributed by atoms with E-state index in [0.717, 1.165) is 0 Å². The zero-order valence-electron chi connectivity index (χ0n) is 11.4. The van der Waals surface area contributed by atoms with Crippen LogP contribution in [0.25, 0.3) is 0 Å². The smallest absolute Gasteiger partial charge is 0.334 e. The fourth-order valence-corrected chi connectivity index (χ4v) is 1.94. The summed E-state index contributed by atoms with van der Waals surface area (Å²) in [5.41, 5.74) is 4.71. The van der Waals surface area contributed by atoms with Crippen LogP contribution in [0.3, 0.4) is 0 Å². The number of carbonyl (C=O) groups is 1. The van der Waals surface area contributed by atoms with Crippen molar-refractivity contribution in [2.75, 3.05) is 17.3 Å². The summed E-state index contributed by atoms with van der Waals surface area (Å²) in [5.74, 6) is 5.21. The number of nitrogens with one attached hydrogen (secondary N) is 3. The Balaban J connectivity index is 2.22. The van der Waals surface area contributed by atoms with E-state index in [2.05, 4.69) is 10.7 Å². The van der Waals surface area contributed by atoms with Gasteiger partial charge >= 0.3 is 6.03 Å². The third kappa shape index (κ3) is 3.71. The normalized spacial score (nSPS) is 10.2. The molecule has 0 unspecified atom stereocenters. The minimum absolute atomic E-state index is 0.251. The van der Waals surface area contributed by atoms with Crippen LogP contribution in [-0.4, -0.2) is 13.1 Å². The van der Waals surface area contributed by atoms with Crippen molar-refractivity contribution in [1.82, 2.24) is 11.0 Å². The predicted molar refractivity (Wildman–Crippen MR) is 76.7 cm³/mol. The Hall–Kier alpha value is -2.58. The highest BCUT2D eigenvalue weighted by Gasteiger charge is 2.16. The highest BCUT2D eigenvalue weighted by molar-refractivity contribution is 5.93. The standard InChI is InChI=1S/C13H16FN5O2/c1-19(8-9-4-3-7-21-9)12-10(14)5-2-6-11(12)16-13(20)17-18-15/h2-7,18H,8,15H2,1H3,(H2,16,17,20). The van der Waals surface area contributed by atoms with E-state index in [1.807, 2.05) is 5.53 Å². The number of rotatable bonds is 5.